The highest BCUT2D eigenvalue weighted by Gasteiger charge is 2.40. The van der Waals surface area contributed by atoms with E-state index in [1.807, 2.05) is 4.90 Å². The predicted octanol–water partition coefficient (Wildman–Crippen LogP) is 0.106. The van der Waals surface area contributed by atoms with Crippen LogP contribution in [-0.2, 0) is 0 Å². The number of rotatable bonds is 5. The number of hydrogen-bond acceptors (Lipinski definition) is 5. The fraction of sp³-hybridized carbons (Fsp3) is 1.00. The second-order valence-electron chi connectivity index (χ2n) is 6.44. The molecule has 1 saturated carbocycles. The third kappa shape index (κ3) is 3.92. The van der Waals surface area contributed by atoms with Crippen molar-refractivity contribution < 1.29 is 20.4 Å². The standard InChI is InChI=1S/C15H29NO4/c17-10-12-14(19)15(20)13(18)9-16(12)8-4-7-11-5-2-1-3-6-11/h11-15,17-20H,1-10H2/t12?,13-,14+,15?/m1/s1. The summed E-state index contributed by atoms with van der Waals surface area (Å²) in [6, 6.07) is -0.459. The lowest BCUT2D eigenvalue weighted by Crippen LogP contribution is -2.62. The van der Waals surface area contributed by atoms with Gasteiger partial charge in [0.1, 0.15) is 12.2 Å². The molecule has 1 aliphatic heterocycles. The van der Waals surface area contributed by atoms with Gasteiger partial charge in [0, 0.05) is 6.54 Å². The summed E-state index contributed by atoms with van der Waals surface area (Å²) in [5.74, 6) is 0.821. The first-order valence-electron chi connectivity index (χ1n) is 8.02. The molecular weight excluding hydrogens is 258 g/mol. The number of hydrogen-bond donors (Lipinski definition) is 4. The molecule has 20 heavy (non-hydrogen) atoms. The molecule has 0 aromatic carbocycles. The van der Waals surface area contributed by atoms with Crippen molar-refractivity contribution in [1.29, 1.82) is 0 Å². The van der Waals surface area contributed by atoms with Crippen LogP contribution in [-0.4, -0.2) is 69.4 Å². The van der Waals surface area contributed by atoms with Crippen LogP contribution in [0.3, 0.4) is 0 Å². The summed E-state index contributed by atoms with van der Waals surface area (Å²) in [5, 5.41) is 38.7. The van der Waals surface area contributed by atoms with Crippen molar-refractivity contribution in [3.8, 4) is 0 Å². The molecule has 0 radical (unpaired) electrons. The first-order chi connectivity index (χ1) is 9.63. The second-order valence-corrected chi connectivity index (χ2v) is 6.44. The first kappa shape index (κ1) is 16.2. The predicted molar refractivity (Wildman–Crippen MR) is 76.3 cm³/mol. The minimum atomic E-state index is -1.15. The molecule has 1 saturated heterocycles. The lowest BCUT2D eigenvalue weighted by atomic mass is 9.86. The summed E-state index contributed by atoms with van der Waals surface area (Å²) in [5.41, 5.74) is 0. The highest BCUT2D eigenvalue weighted by atomic mass is 16.4. The Labute approximate surface area is 121 Å². The van der Waals surface area contributed by atoms with E-state index in [1.54, 1.807) is 0 Å². The maximum atomic E-state index is 9.91. The van der Waals surface area contributed by atoms with Gasteiger partial charge in [-0.15, -0.1) is 0 Å². The maximum Gasteiger partial charge on any atom is 0.109 e. The van der Waals surface area contributed by atoms with Crippen LogP contribution in [0.15, 0.2) is 0 Å². The highest BCUT2D eigenvalue weighted by molar-refractivity contribution is 4.94. The van der Waals surface area contributed by atoms with E-state index in [0.29, 0.717) is 6.54 Å². The van der Waals surface area contributed by atoms with Gasteiger partial charge in [0.25, 0.3) is 0 Å². The molecular formula is C15H29NO4. The molecule has 5 heteroatoms. The van der Waals surface area contributed by atoms with Crippen LogP contribution in [0.2, 0.25) is 0 Å². The van der Waals surface area contributed by atoms with Crippen LogP contribution in [0.4, 0.5) is 0 Å². The lowest BCUT2D eigenvalue weighted by molar-refractivity contribution is -0.145. The minimum absolute atomic E-state index is 0.186. The van der Waals surface area contributed by atoms with Crippen molar-refractivity contribution in [2.75, 3.05) is 19.7 Å². The quantitative estimate of drug-likeness (QED) is 0.577. The van der Waals surface area contributed by atoms with E-state index >= 15 is 0 Å². The normalized spacial score (nSPS) is 37.2. The summed E-state index contributed by atoms with van der Waals surface area (Å²) in [4.78, 5) is 1.92. The van der Waals surface area contributed by atoms with E-state index in [0.717, 1.165) is 18.9 Å². The summed E-state index contributed by atoms with van der Waals surface area (Å²) in [6.45, 7) is 0.908. The summed E-state index contributed by atoms with van der Waals surface area (Å²) >= 11 is 0. The van der Waals surface area contributed by atoms with Crippen molar-refractivity contribution in [2.45, 2.75) is 69.3 Å². The van der Waals surface area contributed by atoms with Crippen molar-refractivity contribution in [3.63, 3.8) is 0 Å². The van der Waals surface area contributed by atoms with Gasteiger partial charge in [-0.1, -0.05) is 32.1 Å². The van der Waals surface area contributed by atoms with Gasteiger partial charge in [-0.3, -0.25) is 4.90 Å². The molecule has 5 nitrogen and oxygen atoms in total. The highest BCUT2D eigenvalue weighted by Crippen LogP contribution is 2.28. The number of likely N-dealkylation sites (tertiary alicyclic amines) is 1. The molecule has 4 N–H and O–H groups in total. The summed E-state index contributed by atoms with van der Waals surface area (Å²) in [6.07, 6.45) is 5.77. The van der Waals surface area contributed by atoms with Crippen LogP contribution in [0, 0.1) is 5.92 Å². The molecule has 2 unspecified atom stereocenters. The molecule has 4 atom stereocenters. The zero-order valence-electron chi connectivity index (χ0n) is 12.2. The molecule has 0 aromatic heterocycles. The van der Waals surface area contributed by atoms with E-state index in [1.165, 1.54) is 38.5 Å². The second kappa shape index (κ2) is 7.71. The van der Waals surface area contributed by atoms with Crippen LogP contribution >= 0.6 is 0 Å². The molecule has 2 fully saturated rings. The monoisotopic (exact) mass is 287 g/mol. The van der Waals surface area contributed by atoms with Crippen LogP contribution in [0.25, 0.3) is 0 Å². The number of β-amino-alcohol motifs (C(OH)–C–C–N with tert-alkyl or cyclic N) is 1. The van der Waals surface area contributed by atoms with E-state index < -0.39 is 24.4 Å². The lowest BCUT2D eigenvalue weighted by Gasteiger charge is -2.43. The van der Waals surface area contributed by atoms with Gasteiger partial charge < -0.3 is 20.4 Å². The van der Waals surface area contributed by atoms with Gasteiger partial charge in [-0.25, -0.2) is 0 Å². The number of nitrogens with zero attached hydrogens (tertiary/aromatic N) is 1. The van der Waals surface area contributed by atoms with Crippen molar-refractivity contribution in [3.05, 3.63) is 0 Å². The number of aliphatic hydroxyl groups excluding tert-OH is 4. The smallest absolute Gasteiger partial charge is 0.109 e. The summed E-state index contributed by atoms with van der Waals surface area (Å²) in [7, 11) is 0. The topological polar surface area (TPSA) is 84.2 Å². The third-order valence-corrected chi connectivity index (χ3v) is 5.00. The van der Waals surface area contributed by atoms with Crippen LogP contribution < -0.4 is 0 Å². The minimum Gasteiger partial charge on any atom is -0.395 e. The number of aliphatic hydroxyl groups is 4. The van der Waals surface area contributed by atoms with E-state index in [2.05, 4.69) is 0 Å². The number of piperidine rings is 1. The fourth-order valence-electron chi connectivity index (χ4n) is 3.69. The van der Waals surface area contributed by atoms with Gasteiger partial charge in [0.2, 0.25) is 0 Å². The van der Waals surface area contributed by atoms with Crippen molar-refractivity contribution >= 4 is 0 Å². The fourth-order valence-corrected chi connectivity index (χ4v) is 3.69. The largest absolute Gasteiger partial charge is 0.395 e. The Morgan fingerprint density at radius 1 is 0.950 bits per heavy atom. The molecule has 1 aliphatic carbocycles. The van der Waals surface area contributed by atoms with E-state index in [4.69, 9.17) is 0 Å². The molecule has 0 aromatic rings. The van der Waals surface area contributed by atoms with Gasteiger partial charge >= 0.3 is 0 Å². The van der Waals surface area contributed by atoms with Crippen LogP contribution in [0.5, 0.6) is 0 Å². The Balaban J connectivity index is 1.77. The maximum absolute atomic E-state index is 9.91. The molecule has 0 spiro atoms. The van der Waals surface area contributed by atoms with Gasteiger partial charge in [0.15, 0.2) is 0 Å². The van der Waals surface area contributed by atoms with E-state index in [-0.39, 0.29) is 6.61 Å². The first-order valence-corrected chi connectivity index (χ1v) is 8.02. The average Bonchev–Trinajstić information content (AvgIpc) is 2.46. The Kier molecular flexibility index (Phi) is 6.23. The molecule has 118 valence electrons. The zero-order valence-corrected chi connectivity index (χ0v) is 12.2. The molecule has 1 heterocycles. The Morgan fingerprint density at radius 3 is 2.30 bits per heavy atom. The van der Waals surface area contributed by atoms with Gasteiger partial charge in [-0.2, -0.15) is 0 Å². The molecule has 0 amide bonds. The van der Waals surface area contributed by atoms with Crippen molar-refractivity contribution in [1.82, 2.24) is 4.90 Å². The molecule has 2 rings (SSSR count). The van der Waals surface area contributed by atoms with Crippen molar-refractivity contribution in [2.24, 2.45) is 5.92 Å². The van der Waals surface area contributed by atoms with Gasteiger partial charge in [-0.05, 0) is 25.3 Å². The van der Waals surface area contributed by atoms with Crippen LogP contribution in [0.1, 0.15) is 44.9 Å². The average molecular weight is 287 g/mol. The SMILES string of the molecule is OCC1[C@H](O)C(O)[C@H](O)CN1CCCC1CCCCC1. The zero-order chi connectivity index (χ0) is 14.5. The third-order valence-electron chi connectivity index (χ3n) is 5.00. The van der Waals surface area contributed by atoms with E-state index in [9.17, 15) is 20.4 Å². The Morgan fingerprint density at radius 2 is 1.65 bits per heavy atom. The summed E-state index contributed by atoms with van der Waals surface area (Å²) < 4.78 is 0. The van der Waals surface area contributed by atoms with Gasteiger partial charge in [0.05, 0.1) is 18.8 Å². The molecule has 0 bridgehead atoms. The Hall–Kier alpha value is -0.200. The Bertz CT molecular complexity index is 283. The molecule has 2 aliphatic rings.